The van der Waals surface area contributed by atoms with Crippen LogP contribution in [0.25, 0.3) is 0 Å². The number of hydrogen-bond donors (Lipinski definition) is 1. The van der Waals surface area contributed by atoms with Crippen molar-refractivity contribution in [2.75, 3.05) is 11.4 Å². The number of rotatable bonds is 4. The minimum Gasteiger partial charge on any atom is -0.478 e. The molecule has 0 atom stereocenters. The molecule has 0 radical (unpaired) electrons. The molecule has 0 bridgehead atoms. The van der Waals surface area contributed by atoms with Gasteiger partial charge in [-0.1, -0.05) is 15.9 Å². The molecule has 1 rings (SSSR count). The number of benzene rings is 1. The first-order valence-corrected chi connectivity index (χ1v) is 6.05. The normalized spacial score (nSPS) is 10.6. The number of nitrogens with zero attached hydrogens (tertiary/aromatic N) is 1. The molecule has 0 unspecified atom stereocenters. The molecule has 0 aromatic heterocycles. The van der Waals surface area contributed by atoms with Gasteiger partial charge in [0.15, 0.2) is 0 Å². The second kappa shape index (κ2) is 5.34. The summed E-state index contributed by atoms with van der Waals surface area (Å²) in [7, 11) is 0. The van der Waals surface area contributed by atoms with Gasteiger partial charge < -0.3 is 10.0 Å². The molecule has 1 N–H and O–H groups in total. The largest absolute Gasteiger partial charge is 0.478 e. The standard InChI is InChI=1S/C12H16BrNO2/c1-4-14(8(2)3)11-6-9(12(15)16)5-10(13)7-11/h5-8H,4H2,1-3H3,(H,15,16). The zero-order chi connectivity index (χ0) is 12.3. The van der Waals surface area contributed by atoms with Crippen LogP contribution in [0.1, 0.15) is 31.1 Å². The topological polar surface area (TPSA) is 40.5 Å². The molecular weight excluding hydrogens is 270 g/mol. The molecule has 3 nitrogen and oxygen atoms in total. The van der Waals surface area contributed by atoms with Gasteiger partial charge >= 0.3 is 5.97 Å². The second-order valence-electron chi connectivity index (χ2n) is 3.88. The van der Waals surface area contributed by atoms with Crippen LogP contribution >= 0.6 is 15.9 Å². The Labute approximate surface area is 104 Å². The van der Waals surface area contributed by atoms with Crippen LogP contribution in [-0.2, 0) is 0 Å². The Morgan fingerprint density at radius 1 is 1.44 bits per heavy atom. The van der Waals surface area contributed by atoms with Gasteiger partial charge in [-0.3, -0.25) is 0 Å². The summed E-state index contributed by atoms with van der Waals surface area (Å²) in [6.45, 7) is 7.09. The second-order valence-corrected chi connectivity index (χ2v) is 4.80. The molecule has 0 amide bonds. The number of carboxylic acids is 1. The summed E-state index contributed by atoms with van der Waals surface area (Å²) in [6.07, 6.45) is 0. The molecule has 0 spiro atoms. The van der Waals surface area contributed by atoms with E-state index in [0.717, 1.165) is 16.7 Å². The van der Waals surface area contributed by atoms with E-state index in [9.17, 15) is 4.79 Å². The minimum absolute atomic E-state index is 0.309. The number of carboxylic acid groups (broad SMARTS) is 1. The van der Waals surface area contributed by atoms with E-state index in [2.05, 4.69) is 41.6 Å². The molecule has 0 aliphatic carbocycles. The molecule has 0 saturated carbocycles. The molecule has 0 heterocycles. The maximum atomic E-state index is 10.9. The van der Waals surface area contributed by atoms with Crippen molar-refractivity contribution in [3.8, 4) is 0 Å². The number of carbonyl (C=O) groups is 1. The molecule has 0 aliphatic rings. The Bertz CT molecular complexity index is 391. The third-order valence-corrected chi connectivity index (χ3v) is 2.88. The van der Waals surface area contributed by atoms with E-state index in [0.29, 0.717) is 11.6 Å². The maximum absolute atomic E-state index is 10.9. The fourth-order valence-electron chi connectivity index (χ4n) is 1.71. The van der Waals surface area contributed by atoms with Crippen molar-refractivity contribution in [3.05, 3.63) is 28.2 Å². The van der Waals surface area contributed by atoms with Gasteiger partial charge in [0, 0.05) is 22.7 Å². The van der Waals surface area contributed by atoms with E-state index in [4.69, 9.17) is 5.11 Å². The van der Waals surface area contributed by atoms with Gasteiger partial charge in [-0.2, -0.15) is 0 Å². The van der Waals surface area contributed by atoms with Gasteiger partial charge in [0.2, 0.25) is 0 Å². The maximum Gasteiger partial charge on any atom is 0.335 e. The summed E-state index contributed by atoms with van der Waals surface area (Å²) in [4.78, 5) is 13.1. The monoisotopic (exact) mass is 285 g/mol. The van der Waals surface area contributed by atoms with Gasteiger partial charge in [-0.25, -0.2) is 4.79 Å². The third-order valence-electron chi connectivity index (χ3n) is 2.43. The smallest absolute Gasteiger partial charge is 0.335 e. The highest BCUT2D eigenvalue weighted by molar-refractivity contribution is 9.10. The van der Waals surface area contributed by atoms with Crippen LogP contribution < -0.4 is 4.90 Å². The first kappa shape index (κ1) is 13.0. The fraction of sp³-hybridized carbons (Fsp3) is 0.417. The fourth-order valence-corrected chi connectivity index (χ4v) is 2.19. The molecule has 0 fully saturated rings. The van der Waals surface area contributed by atoms with E-state index in [1.165, 1.54) is 0 Å². The van der Waals surface area contributed by atoms with Gasteiger partial charge in [-0.05, 0) is 39.0 Å². The van der Waals surface area contributed by atoms with Crippen molar-refractivity contribution in [2.24, 2.45) is 0 Å². The highest BCUT2D eigenvalue weighted by Gasteiger charge is 2.12. The van der Waals surface area contributed by atoms with Crippen molar-refractivity contribution in [1.29, 1.82) is 0 Å². The lowest BCUT2D eigenvalue weighted by atomic mass is 10.1. The summed E-state index contributed by atoms with van der Waals surface area (Å²) in [5, 5.41) is 8.99. The number of aromatic carboxylic acids is 1. The first-order valence-electron chi connectivity index (χ1n) is 5.26. The third kappa shape index (κ3) is 2.98. The number of hydrogen-bond acceptors (Lipinski definition) is 2. The predicted octanol–water partition coefficient (Wildman–Crippen LogP) is 3.38. The van der Waals surface area contributed by atoms with Crippen molar-refractivity contribution < 1.29 is 9.90 Å². The van der Waals surface area contributed by atoms with Crippen LogP contribution in [-0.4, -0.2) is 23.7 Å². The molecule has 16 heavy (non-hydrogen) atoms. The molecule has 1 aromatic rings. The number of anilines is 1. The average Bonchev–Trinajstić information content (AvgIpc) is 2.17. The van der Waals surface area contributed by atoms with E-state index >= 15 is 0 Å². The average molecular weight is 286 g/mol. The molecule has 1 aromatic carbocycles. The summed E-state index contributed by atoms with van der Waals surface area (Å²) < 4.78 is 0.793. The van der Waals surface area contributed by atoms with E-state index in [-0.39, 0.29) is 0 Å². The molecule has 0 aliphatic heterocycles. The van der Waals surface area contributed by atoms with E-state index < -0.39 is 5.97 Å². The van der Waals surface area contributed by atoms with Crippen LogP contribution in [0.2, 0.25) is 0 Å². The van der Waals surface area contributed by atoms with E-state index in [1.807, 2.05) is 6.07 Å². The lowest BCUT2D eigenvalue weighted by Crippen LogP contribution is -2.30. The van der Waals surface area contributed by atoms with Gasteiger partial charge in [0.05, 0.1) is 5.56 Å². The van der Waals surface area contributed by atoms with Gasteiger partial charge in [0.25, 0.3) is 0 Å². The van der Waals surface area contributed by atoms with Gasteiger partial charge in [-0.15, -0.1) is 0 Å². The predicted molar refractivity (Wildman–Crippen MR) is 69.3 cm³/mol. The lowest BCUT2D eigenvalue weighted by molar-refractivity contribution is 0.0697. The Balaban J connectivity index is 3.17. The Hall–Kier alpha value is -1.03. The first-order chi connectivity index (χ1) is 7.45. The Morgan fingerprint density at radius 3 is 2.50 bits per heavy atom. The van der Waals surface area contributed by atoms with Crippen molar-refractivity contribution in [2.45, 2.75) is 26.8 Å². The van der Waals surface area contributed by atoms with Crippen LogP contribution in [0, 0.1) is 0 Å². The van der Waals surface area contributed by atoms with Crippen LogP contribution in [0.4, 0.5) is 5.69 Å². The van der Waals surface area contributed by atoms with Crippen molar-refractivity contribution in [1.82, 2.24) is 0 Å². The summed E-state index contributed by atoms with van der Waals surface area (Å²) in [6, 6.07) is 5.60. The molecule has 0 saturated heterocycles. The van der Waals surface area contributed by atoms with E-state index in [1.54, 1.807) is 12.1 Å². The zero-order valence-corrected chi connectivity index (χ0v) is 11.3. The molecule has 4 heteroatoms. The summed E-state index contributed by atoms with van der Waals surface area (Å²) in [5.74, 6) is -0.901. The van der Waals surface area contributed by atoms with Crippen LogP contribution in [0.5, 0.6) is 0 Å². The summed E-state index contributed by atoms with van der Waals surface area (Å²) >= 11 is 3.34. The van der Waals surface area contributed by atoms with Crippen molar-refractivity contribution >= 4 is 27.6 Å². The SMILES string of the molecule is CCN(c1cc(Br)cc(C(=O)O)c1)C(C)C. The Kier molecular flexibility index (Phi) is 4.35. The van der Waals surface area contributed by atoms with Gasteiger partial charge in [0.1, 0.15) is 0 Å². The van der Waals surface area contributed by atoms with Crippen LogP contribution in [0.3, 0.4) is 0 Å². The summed E-state index contributed by atoms with van der Waals surface area (Å²) in [5.41, 5.74) is 1.24. The zero-order valence-electron chi connectivity index (χ0n) is 9.70. The van der Waals surface area contributed by atoms with Crippen LogP contribution in [0.15, 0.2) is 22.7 Å². The minimum atomic E-state index is -0.901. The highest BCUT2D eigenvalue weighted by Crippen LogP contribution is 2.24. The highest BCUT2D eigenvalue weighted by atomic mass is 79.9. The lowest BCUT2D eigenvalue weighted by Gasteiger charge is -2.28. The molecular formula is C12H16BrNO2. The number of halogens is 1. The quantitative estimate of drug-likeness (QED) is 0.922. The molecule has 88 valence electrons. The van der Waals surface area contributed by atoms with Crippen molar-refractivity contribution in [3.63, 3.8) is 0 Å². The Morgan fingerprint density at radius 2 is 2.06 bits per heavy atom.